The van der Waals surface area contributed by atoms with Gasteiger partial charge in [0.25, 0.3) is 0 Å². The summed E-state index contributed by atoms with van der Waals surface area (Å²) in [5.74, 6) is 0. The minimum Gasteiger partial charge on any atom is -0.397 e. The van der Waals surface area contributed by atoms with Gasteiger partial charge in [-0.15, -0.1) is 0 Å². The van der Waals surface area contributed by atoms with Gasteiger partial charge >= 0.3 is 0 Å². The molecule has 90 valence electrons. The highest BCUT2D eigenvalue weighted by Gasteiger charge is 2.08. The Kier molecular flexibility index (Phi) is 3.44. The minimum atomic E-state index is 0.0300. The van der Waals surface area contributed by atoms with Crippen LogP contribution in [-0.2, 0) is 0 Å². The van der Waals surface area contributed by atoms with Gasteiger partial charge in [-0.2, -0.15) is 5.26 Å². The zero-order valence-electron chi connectivity index (χ0n) is 10.1. The second-order valence-corrected chi connectivity index (χ2v) is 4.03. The van der Waals surface area contributed by atoms with Crippen LogP contribution in [-0.4, -0.2) is 4.98 Å². The molecule has 0 aliphatic rings. The Morgan fingerprint density at radius 3 is 2.83 bits per heavy atom. The van der Waals surface area contributed by atoms with Crippen LogP contribution in [0.25, 0.3) is 0 Å². The highest BCUT2D eigenvalue weighted by Crippen LogP contribution is 2.24. The molecule has 1 unspecified atom stereocenters. The molecule has 0 fully saturated rings. The van der Waals surface area contributed by atoms with Crippen molar-refractivity contribution in [3.05, 3.63) is 53.9 Å². The average Bonchev–Trinajstić information content (AvgIpc) is 2.42. The molecule has 2 rings (SSSR count). The van der Waals surface area contributed by atoms with Crippen LogP contribution in [0.1, 0.15) is 24.2 Å². The molecule has 0 spiro atoms. The number of nitrogens with zero attached hydrogens (tertiary/aromatic N) is 2. The molecule has 0 aliphatic heterocycles. The maximum Gasteiger partial charge on any atom is 0.0992 e. The van der Waals surface area contributed by atoms with E-state index in [9.17, 15) is 0 Å². The van der Waals surface area contributed by atoms with E-state index in [0.29, 0.717) is 11.3 Å². The number of pyridine rings is 1. The fourth-order valence-electron chi connectivity index (χ4n) is 1.69. The molecule has 4 heteroatoms. The summed E-state index contributed by atoms with van der Waals surface area (Å²) in [4.78, 5) is 4.28. The third-order valence-corrected chi connectivity index (χ3v) is 2.69. The van der Waals surface area contributed by atoms with Gasteiger partial charge < -0.3 is 11.1 Å². The van der Waals surface area contributed by atoms with Crippen molar-refractivity contribution in [2.24, 2.45) is 0 Å². The Morgan fingerprint density at radius 1 is 1.33 bits per heavy atom. The number of nitrogens with two attached hydrogens (primary N) is 1. The lowest BCUT2D eigenvalue weighted by molar-refractivity contribution is 0.840. The highest BCUT2D eigenvalue weighted by atomic mass is 15.0. The third-order valence-electron chi connectivity index (χ3n) is 2.69. The fourth-order valence-corrected chi connectivity index (χ4v) is 1.69. The van der Waals surface area contributed by atoms with E-state index in [1.165, 1.54) is 0 Å². The summed E-state index contributed by atoms with van der Waals surface area (Å²) in [5, 5.41) is 12.1. The lowest BCUT2D eigenvalue weighted by Crippen LogP contribution is -2.09. The summed E-state index contributed by atoms with van der Waals surface area (Å²) in [6.45, 7) is 2.00. The molecule has 0 saturated heterocycles. The largest absolute Gasteiger partial charge is 0.397 e. The van der Waals surface area contributed by atoms with E-state index in [4.69, 9.17) is 11.0 Å². The van der Waals surface area contributed by atoms with Gasteiger partial charge in [-0.3, -0.25) is 4.98 Å². The fraction of sp³-hybridized carbons (Fsp3) is 0.143. The van der Waals surface area contributed by atoms with E-state index in [-0.39, 0.29) is 6.04 Å². The first-order valence-corrected chi connectivity index (χ1v) is 5.68. The first kappa shape index (κ1) is 11.9. The van der Waals surface area contributed by atoms with Crippen molar-refractivity contribution in [2.75, 3.05) is 11.1 Å². The van der Waals surface area contributed by atoms with Crippen molar-refractivity contribution in [3.8, 4) is 6.07 Å². The number of aromatic nitrogens is 1. The van der Waals surface area contributed by atoms with E-state index in [1.54, 1.807) is 24.4 Å². The maximum atomic E-state index is 8.87. The Bertz CT molecular complexity index is 572. The Morgan fingerprint density at radius 2 is 2.17 bits per heavy atom. The quantitative estimate of drug-likeness (QED) is 0.806. The Labute approximate surface area is 106 Å². The molecule has 0 saturated carbocycles. The van der Waals surface area contributed by atoms with Crippen molar-refractivity contribution >= 4 is 11.4 Å². The van der Waals surface area contributed by atoms with Crippen LogP contribution in [0, 0.1) is 11.3 Å². The van der Waals surface area contributed by atoms with E-state index < -0.39 is 0 Å². The number of nitrogen functional groups attached to an aromatic ring is 1. The summed E-state index contributed by atoms with van der Waals surface area (Å²) in [6, 6.07) is 13.1. The summed E-state index contributed by atoms with van der Waals surface area (Å²) in [6.07, 6.45) is 1.75. The monoisotopic (exact) mass is 238 g/mol. The van der Waals surface area contributed by atoms with Crippen LogP contribution >= 0.6 is 0 Å². The van der Waals surface area contributed by atoms with E-state index >= 15 is 0 Å². The van der Waals surface area contributed by atoms with Gasteiger partial charge in [0.15, 0.2) is 0 Å². The molecule has 18 heavy (non-hydrogen) atoms. The molecule has 0 bridgehead atoms. The van der Waals surface area contributed by atoms with E-state index in [0.717, 1.165) is 11.4 Å². The summed E-state index contributed by atoms with van der Waals surface area (Å²) >= 11 is 0. The lowest BCUT2D eigenvalue weighted by atomic mass is 10.1. The maximum absolute atomic E-state index is 8.87. The van der Waals surface area contributed by atoms with Crippen LogP contribution in [0.4, 0.5) is 11.4 Å². The molecule has 0 amide bonds. The predicted molar refractivity (Wildman–Crippen MR) is 71.8 cm³/mol. The average molecular weight is 238 g/mol. The minimum absolute atomic E-state index is 0.0300. The van der Waals surface area contributed by atoms with Gasteiger partial charge in [-0.1, -0.05) is 6.07 Å². The van der Waals surface area contributed by atoms with Crippen molar-refractivity contribution in [1.82, 2.24) is 4.98 Å². The van der Waals surface area contributed by atoms with Crippen LogP contribution in [0.15, 0.2) is 42.6 Å². The molecule has 0 aliphatic carbocycles. The number of hydrogen-bond donors (Lipinski definition) is 2. The molecule has 1 atom stereocenters. The number of anilines is 2. The third kappa shape index (κ3) is 2.58. The van der Waals surface area contributed by atoms with Gasteiger partial charge in [-0.25, -0.2) is 0 Å². The van der Waals surface area contributed by atoms with Gasteiger partial charge in [-0.05, 0) is 37.3 Å². The number of hydrogen-bond acceptors (Lipinski definition) is 4. The highest BCUT2D eigenvalue weighted by molar-refractivity contribution is 5.68. The molecular formula is C14H14N4. The van der Waals surface area contributed by atoms with Crippen molar-refractivity contribution in [3.63, 3.8) is 0 Å². The molecule has 0 radical (unpaired) electrons. The molecule has 2 aromatic rings. The zero-order chi connectivity index (χ0) is 13.0. The lowest BCUT2D eigenvalue weighted by Gasteiger charge is -2.16. The van der Waals surface area contributed by atoms with Crippen LogP contribution in [0.3, 0.4) is 0 Å². The second kappa shape index (κ2) is 5.19. The van der Waals surface area contributed by atoms with Crippen LogP contribution in [0.5, 0.6) is 0 Å². The Hall–Kier alpha value is -2.54. The second-order valence-electron chi connectivity index (χ2n) is 4.03. The van der Waals surface area contributed by atoms with Gasteiger partial charge in [0.1, 0.15) is 0 Å². The van der Waals surface area contributed by atoms with Gasteiger partial charge in [0.2, 0.25) is 0 Å². The number of benzene rings is 1. The standard InChI is InChI=1S/C14H14N4/c1-10(13-4-2-3-7-17-13)18-14-8-11(9-15)5-6-12(14)16/h2-8,10,18H,16H2,1H3. The molecular weight excluding hydrogens is 224 g/mol. The van der Waals surface area contributed by atoms with Crippen LogP contribution in [0.2, 0.25) is 0 Å². The molecule has 1 aromatic carbocycles. The topological polar surface area (TPSA) is 74.7 Å². The van der Waals surface area contributed by atoms with E-state index in [1.807, 2.05) is 25.1 Å². The van der Waals surface area contributed by atoms with Crippen LogP contribution < -0.4 is 11.1 Å². The number of nitrogens with one attached hydrogen (secondary N) is 1. The zero-order valence-corrected chi connectivity index (χ0v) is 10.1. The molecule has 1 aromatic heterocycles. The summed E-state index contributed by atoms with van der Waals surface area (Å²) < 4.78 is 0. The normalized spacial score (nSPS) is 11.6. The number of nitriles is 1. The molecule has 4 nitrogen and oxygen atoms in total. The predicted octanol–water partition coefficient (Wildman–Crippen LogP) is 2.71. The first-order valence-electron chi connectivity index (χ1n) is 5.68. The first-order chi connectivity index (χ1) is 8.70. The summed E-state index contributed by atoms with van der Waals surface area (Å²) in [5.41, 5.74) is 8.77. The number of rotatable bonds is 3. The SMILES string of the molecule is CC(Nc1cc(C#N)ccc1N)c1ccccn1. The van der Waals surface area contributed by atoms with Crippen molar-refractivity contribution < 1.29 is 0 Å². The van der Waals surface area contributed by atoms with Gasteiger partial charge in [0.05, 0.1) is 34.7 Å². The smallest absolute Gasteiger partial charge is 0.0992 e. The summed E-state index contributed by atoms with van der Waals surface area (Å²) in [7, 11) is 0. The molecule has 1 heterocycles. The van der Waals surface area contributed by atoms with Crippen molar-refractivity contribution in [2.45, 2.75) is 13.0 Å². The Balaban J connectivity index is 2.22. The van der Waals surface area contributed by atoms with Crippen molar-refractivity contribution in [1.29, 1.82) is 5.26 Å². The molecule has 3 N–H and O–H groups in total. The van der Waals surface area contributed by atoms with Gasteiger partial charge in [0, 0.05) is 6.20 Å². The van der Waals surface area contributed by atoms with E-state index in [2.05, 4.69) is 16.4 Å².